The lowest BCUT2D eigenvalue weighted by molar-refractivity contribution is -0.862. The van der Waals surface area contributed by atoms with Gasteiger partial charge in [-0.2, -0.15) is 0 Å². The molecule has 0 radical (unpaired) electrons. The summed E-state index contributed by atoms with van der Waals surface area (Å²) in [4.78, 5) is 26.1. The van der Waals surface area contributed by atoms with Crippen LogP contribution in [0.2, 0.25) is 0 Å². The zero-order valence-electron chi connectivity index (χ0n) is 18.1. The van der Waals surface area contributed by atoms with E-state index in [1.54, 1.807) is 0 Å². The SMILES string of the molecule is CCc1ccccc1NC(=O)C[NH+](C)CC(=O)NC(c1ccccc1)c1ccccc1. The minimum Gasteiger partial charge on any atom is -0.340 e. The van der Waals surface area contributed by atoms with Crippen molar-refractivity contribution in [3.63, 3.8) is 0 Å². The van der Waals surface area contributed by atoms with Crippen LogP contribution >= 0.6 is 0 Å². The van der Waals surface area contributed by atoms with E-state index < -0.39 is 0 Å². The number of carbonyl (C=O) groups excluding carboxylic acids is 2. The molecule has 3 aromatic carbocycles. The Labute approximate surface area is 184 Å². The summed E-state index contributed by atoms with van der Waals surface area (Å²) in [5, 5.41) is 6.10. The van der Waals surface area contributed by atoms with Gasteiger partial charge in [-0.05, 0) is 29.2 Å². The number of aryl methyl sites for hydroxylation is 1. The lowest BCUT2D eigenvalue weighted by Gasteiger charge is -2.21. The third-order valence-electron chi connectivity index (χ3n) is 5.17. The number of hydrogen-bond donors (Lipinski definition) is 3. The largest absolute Gasteiger partial charge is 0.340 e. The van der Waals surface area contributed by atoms with Gasteiger partial charge < -0.3 is 15.5 Å². The highest BCUT2D eigenvalue weighted by Gasteiger charge is 2.20. The molecular weight excluding hydrogens is 386 g/mol. The van der Waals surface area contributed by atoms with Gasteiger partial charge in [-0.3, -0.25) is 9.59 Å². The van der Waals surface area contributed by atoms with Crippen molar-refractivity contribution in [1.82, 2.24) is 5.32 Å². The van der Waals surface area contributed by atoms with Crippen LogP contribution in [0.5, 0.6) is 0 Å². The van der Waals surface area contributed by atoms with Gasteiger partial charge >= 0.3 is 0 Å². The van der Waals surface area contributed by atoms with Crippen LogP contribution in [0.15, 0.2) is 84.9 Å². The molecule has 1 atom stereocenters. The standard InChI is InChI=1S/C26H29N3O2/c1-3-20-12-10-11-17-23(20)27-24(30)18-29(2)19-25(31)28-26(21-13-6-4-7-14-21)22-15-8-5-9-16-22/h4-17,26H,3,18-19H2,1-2H3,(H,27,30)(H,28,31)/p+1. The van der Waals surface area contributed by atoms with Crippen LogP contribution in [0.4, 0.5) is 5.69 Å². The Balaban J connectivity index is 1.59. The maximum Gasteiger partial charge on any atom is 0.279 e. The molecule has 0 saturated heterocycles. The van der Waals surface area contributed by atoms with E-state index in [9.17, 15) is 9.59 Å². The van der Waals surface area contributed by atoms with E-state index in [1.807, 2.05) is 92.0 Å². The summed E-state index contributed by atoms with van der Waals surface area (Å²) in [7, 11) is 1.85. The molecule has 0 fully saturated rings. The molecule has 0 aliphatic rings. The van der Waals surface area contributed by atoms with Crippen LogP contribution in [0.3, 0.4) is 0 Å². The molecule has 3 N–H and O–H groups in total. The molecule has 5 heteroatoms. The average Bonchev–Trinajstić information content (AvgIpc) is 2.78. The Morgan fingerprint density at radius 1 is 0.774 bits per heavy atom. The van der Waals surface area contributed by atoms with Crippen molar-refractivity contribution in [2.24, 2.45) is 0 Å². The maximum atomic E-state index is 12.8. The van der Waals surface area contributed by atoms with Crippen LogP contribution < -0.4 is 15.5 Å². The number of anilines is 1. The predicted molar refractivity (Wildman–Crippen MR) is 124 cm³/mol. The van der Waals surface area contributed by atoms with Crippen molar-refractivity contribution in [3.05, 3.63) is 102 Å². The predicted octanol–water partition coefficient (Wildman–Crippen LogP) is 2.61. The summed E-state index contributed by atoms with van der Waals surface area (Å²) in [6, 6.07) is 27.4. The molecule has 0 spiro atoms. The van der Waals surface area contributed by atoms with Crippen LogP contribution in [-0.4, -0.2) is 32.0 Å². The Morgan fingerprint density at radius 3 is 1.87 bits per heavy atom. The van der Waals surface area contributed by atoms with E-state index in [-0.39, 0.29) is 30.9 Å². The molecule has 0 aliphatic carbocycles. The number of nitrogens with one attached hydrogen (secondary N) is 3. The molecule has 0 aliphatic heterocycles. The summed E-state index contributed by atoms with van der Waals surface area (Å²) in [5.74, 6) is -0.203. The van der Waals surface area contributed by atoms with Gasteiger partial charge in [0.05, 0.1) is 13.1 Å². The van der Waals surface area contributed by atoms with Crippen molar-refractivity contribution in [2.45, 2.75) is 19.4 Å². The fraction of sp³-hybridized carbons (Fsp3) is 0.231. The van der Waals surface area contributed by atoms with Crippen molar-refractivity contribution in [3.8, 4) is 0 Å². The minimum atomic E-state index is -0.229. The van der Waals surface area contributed by atoms with E-state index in [2.05, 4.69) is 17.6 Å². The Hall–Kier alpha value is -3.44. The third-order valence-corrected chi connectivity index (χ3v) is 5.17. The van der Waals surface area contributed by atoms with Crippen molar-refractivity contribution < 1.29 is 14.5 Å². The number of benzene rings is 3. The number of quaternary nitrogens is 1. The van der Waals surface area contributed by atoms with Gasteiger partial charge in [0.15, 0.2) is 13.1 Å². The molecule has 31 heavy (non-hydrogen) atoms. The molecular formula is C26H30N3O2+. The maximum absolute atomic E-state index is 12.8. The fourth-order valence-electron chi connectivity index (χ4n) is 3.62. The van der Waals surface area contributed by atoms with Crippen molar-refractivity contribution in [1.29, 1.82) is 0 Å². The molecule has 0 bridgehead atoms. The second-order valence-corrected chi connectivity index (χ2v) is 7.69. The first kappa shape index (κ1) is 22.2. The summed E-state index contributed by atoms with van der Waals surface area (Å²) in [5.41, 5.74) is 3.97. The molecule has 2 amide bonds. The van der Waals surface area contributed by atoms with Crippen molar-refractivity contribution in [2.75, 3.05) is 25.5 Å². The fourth-order valence-corrected chi connectivity index (χ4v) is 3.62. The third kappa shape index (κ3) is 6.52. The first-order valence-electron chi connectivity index (χ1n) is 10.6. The molecule has 5 nitrogen and oxygen atoms in total. The topological polar surface area (TPSA) is 62.6 Å². The van der Waals surface area contributed by atoms with Crippen LogP contribution in [-0.2, 0) is 16.0 Å². The number of rotatable bonds is 9. The second-order valence-electron chi connectivity index (χ2n) is 7.69. The van der Waals surface area contributed by atoms with Gasteiger partial charge in [-0.15, -0.1) is 0 Å². The monoisotopic (exact) mass is 416 g/mol. The number of amides is 2. The van der Waals surface area contributed by atoms with Gasteiger partial charge in [0.25, 0.3) is 11.8 Å². The van der Waals surface area contributed by atoms with Crippen molar-refractivity contribution >= 4 is 17.5 Å². The van der Waals surface area contributed by atoms with E-state index in [0.717, 1.165) is 33.7 Å². The van der Waals surface area contributed by atoms with E-state index >= 15 is 0 Å². The molecule has 1 unspecified atom stereocenters. The number of likely N-dealkylation sites (N-methyl/N-ethyl adjacent to an activating group) is 1. The Bertz CT molecular complexity index is 950. The molecule has 0 aromatic heterocycles. The summed E-state index contributed by atoms with van der Waals surface area (Å²) < 4.78 is 0. The van der Waals surface area contributed by atoms with Gasteiger partial charge in [-0.25, -0.2) is 0 Å². The number of carbonyl (C=O) groups is 2. The number of para-hydroxylation sites is 1. The quantitative estimate of drug-likeness (QED) is 0.502. The van der Waals surface area contributed by atoms with Gasteiger partial charge in [0.1, 0.15) is 0 Å². The zero-order chi connectivity index (χ0) is 22.1. The first-order valence-corrected chi connectivity index (χ1v) is 10.6. The summed E-state index contributed by atoms with van der Waals surface area (Å²) >= 11 is 0. The van der Waals surface area contributed by atoms with E-state index in [1.165, 1.54) is 0 Å². The molecule has 3 aromatic rings. The van der Waals surface area contributed by atoms with Gasteiger partial charge in [0.2, 0.25) is 0 Å². The van der Waals surface area contributed by atoms with Gasteiger partial charge in [-0.1, -0.05) is 85.8 Å². The lowest BCUT2D eigenvalue weighted by Crippen LogP contribution is -3.11. The molecule has 0 heterocycles. The zero-order valence-corrected chi connectivity index (χ0v) is 18.1. The number of hydrogen-bond acceptors (Lipinski definition) is 2. The van der Waals surface area contributed by atoms with Gasteiger partial charge in [0, 0.05) is 5.69 Å². The molecule has 0 saturated carbocycles. The van der Waals surface area contributed by atoms with E-state index in [4.69, 9.17) is 0 Å². The second kappa shape index (κ2) is 11.1. The lowest BCUT2D eigenvalue weighted by atomic mass is 9.99. The average molecular weight is 417 g/mol. The molecule has 160 valence electrons. The minimum absolute atomic E-state index is 0.100. The highest BCUT2D eigenvalue weighted by atomic mass is 16.2. The Morgan fingerprint density at radius 2 is 1.29 bits per heavy atom. The highest BCUT2D eigenvalue weighted by molar-refractivity contribution is 5.92. The highest BCUT2D eigenvalue weighted by Crippen LogP contribution is 2.21. The van der Waals surface area contributed by atoms with Crippen LogP contribution in [0.1, 0.15) is 29.7 Å². The summed E-state index contributed by atoms with van der Waals surface area (Å²) in [6.45, 7) is 2.48. The first-order chi connectivity index (χ1) is 15.1. The summed E-state index contributed by atoms with van der Waals surface area (Å²) in [6.07, 6.45) is 0.849. The Kier molecular flexibility index (Phi) is 7.96. The smallest absolute Gasteiger partial charge is 0.279 e. The van der Waals surface area contributed by atoms with E-state index in [0.29, 0.717) is 0 Å². The molecule has 3 rings (SSSR count). The van der Waals surface area contributed by atoms with Crippen LogP contribution in [0.25, 0.3) is 0 Å². The van der Waals surface area contributed by atoms with Crippen LogP contribution in [0, 0.1) is 0 Å². The normalized spacial score (nSPS) is 11.7.